The summed E-state index contributed by atoms with van der Waals surface area (Å²) in [7, 11) is -0.113. The molecule has 0 saturated carbocycles. The van der Waals surface area contributed by atoms with Gasteiger partial charge < -0.3 is 24.3 Å². The molecule has 0 aliphatic carbocycles. The molecule has 10 nitrogen and oxygen atoms in total. The van der Waals surface area contributed by atoms with Crippen LogP contribution < -0.4 is 21.5 Å². The monoisotopic (exact) mass is 481 g/mol. The molecule has 1 aromatic carbocycles. The number of para-hydroxylation sites is 1. The van der Waals surface area contributed by atoms with E-state index in [4.69, 9.17) is 24.3 Å². The Labute approximate surface area is 194 Å². The number of H-pyrrole nitrogens is 1. The summed E-state index contributed by atoms with van der Waals surface area (Å²) in [6, 6.07) is 10.3. The van der Waals surface area contributed by atoms with Crippen molar-refractivity contribution in [3.8, 4) is 5.75 Å². The van der Waals surface area contributed by atoms with E-state index >= 15 is 0 Å². The molecule has 2 heterocycles. The average Bonchev–Trinajstić information content (AvgIpc) is 3.12. The first-order valence-corrected chi connectivity index (χ1v) is 11.5. The van der Waals surface area contributed by atoms with Crippen molar-refractivity contribution in [2.24, 2.45) is 11.7 Å². The van der Waals surface area contributed by atoms with Crippen LogP contribution in [0.3, 0.4) is 0 Å². The van der Waals surface area contributed by atoms with E-state index in [0.29, 0.717) is 6.61 Å². The van der Waals surface area contributed by atoms with E-state index < -0.39 is 23.5 Å². The second-order valence-electron chi connectivity index (χ2n) is 7.96. The number of ether oxygens (including phenoxy) is 2. The van der Waals surface area contributed by atoms with Crippen LogP contribution in [-0.2, 0) is 18.8 Å². The maximum atomic E-state index is 11.9. The fraction of sp³-hybridized carbons (Fsp3) is 0.500. The maximum Gasteiger partial charge on any atom is 0.330 e. The normalized spacial score (nSPS) is 21.0. The SMILES string of the molecule is CC(C)OC(=O)C(C)N.CC1CC(COPOc2ccccc2)OC1n1ccc(=O)[nH]c1=O. The highest BCUT2D eigenvalue weighted by molar-refractivity contribution is 7.26. The van der Waals surface area contributed by atoms with Gasteiger partial charge in [-0.1, -0.05) is 25.1 Å². The number of rotatable bonds is 8. The molecule has 0 amide bonds. The van der Waals surface area contributed by atoms with Gasteiger partial charge in [0.15, 0.2) is 0 Å². The Bertz CT molecular complexity index is 978. The molecule has 1 fully saturated rings. The van der Waals surface area contributed by atoms with Crippen molar-refractivity contribution < 1.29 is 23.3 Å². The number of carbonyl (C=O) groups is 1. The fourth-order valence-electron chi connectivity index (χ4n) is 3.03. The highest BCUT2D eigenvalue weighted by Gasteiger charge is 2.34. The topological polar surface area (TPSA) is 135 Å². The third-order valence-corrected chi connectivity index (χ3v) is 5.14. The summed E-state index contributed by atoms with van der Waals surface area (Å²) in [6.45, 7) is 7.58. The van der Waals surface area contributed by atoms with E-state index in [9.17, 15) is 14.4 Å². The van der Waals surface area contributed by atoms with Gasteiger partial charge in [0.05, 0.1) is 18.8 Å². The number of nitrogens with one attached hydrogen (secondary N) is 1. The van der Waals surface area contributed by atoms with Gasteiger partial charge in [-0.15, -0.1) is 0 Å². The minimum absolute atomic E-state index is 0.0662. The first-order valence-electron chi connectivity index (χ1n) is 10.7. The van der Waals surface area contributed by atoms with E-state index in [2.05, 4.69) is 4.98 Å². The molecule has 1 aliphatic heterocycles. The van der Waals surface area contributed by atoms with Crippen LogP contribution in [0.2, 0.25) is 0 Å². The Morgan fingerprint density at radius 3 is 2.52 bits per heavy atom. The third kappa shape index (κ3) is 9.09. The maximum absolute atomic E-state index is 11.9. The van der Waals surface area contributed by atoms with Gasteiger partial charge in [0.1, 0.15) is 18.0 Å². The first kappa shape index (κ1) is 26.7. The molecule has 3 N–H and O–H groups in total. The lowest BCUT2D eigenvalue weighted by molar-refractivity contribution is -0.148. The highest BCUT2D eigenvalue weighted by Crippen LogP contribution is 2.34. The number of benzene rings is 1. The molecule has 1 aromatic heterocycles. The van der Waals surface area contributed by atoms with Crippen LogP contribution in [0.25, 0.3) is 0 Å². The molecule has 182 valence electrons. The third-order valence-electron chi connectivity index (χ3n) is 4.53. The molecule has 33 heavy (non-hydrogen) atoms. The Kier molecular flexibility index (Phi) is 10.7. The summed E-state index contributed by atoms with van der Waals surface area (Å²) in [5, 5.41) is 0. The molecule has 5 atom stereocenters. The number of esters is 1. The van der Waals surface area contributed by atoms with Crippen LogP contribution in [0.5, 0.6) is 5.75 Å². The van der Waals surface area contributed by atoms with Gasteiger partial charge in [-0.25, -0.2) is 4.79 Å². The standard InChI is InChI=1S/C16H19N2O5P.C6H13NO2/c1-11-9-13(10-21-24-23-12-5-3-2-4-6-12)22-15(11)18-8-7-14(19)17-16(18)20;1-4(2)9-6(8)5(3)7/h2-8,11,13,15,24H,9-10H2,1H3,(H,17,19,20);4-5H,7H2,1-3H3. The molecule has 5 unspecified atom stereocenters. The second kappa shape index (κ2) is 13.3. The lowest BCUT2D eigenvalue weighted by atomic mass is 10.1. The zero-order valence-electron chi connectivity index (χ0n) is 19.2. The molecule has 11 heteroatoms. The van der Waals surface area contributed by atoms with Crippen LogP contribution in [0.1, 0.15) is 40.3 Å². The van der Waals surface area contributed by atoms with Crippen LogP contribution in [0.4, 0.5) is 0 Å². The Morgan fingerprint density at radius 2 is 1.94 bits per heavy atom. The number of nitrogens with zero attached hydrogens (tertiary/aromatic N) is 1. The van der Waals surface area contributed by atoms with Crippen molar-refractivity contribution in [3.05, 3.63) is 63.4 Å². The summed E-state index contributed by atoms with van der Waals surface area (Å²) in [5.74, 6) is 0.555. The van der Waals surface area contributed by atoms with Gasteiger partial charge in [-0.05, 0) is 39.3 Å². The van der Waals surface area contributed by atoms with E-state index in [1.807, 2.05) is 37.3 Å². The summed E-state index contributed by atoms with van der Waals surface area (Å²) < 4.78 is 23.1. The van der Waals surface area contributed by atoms with Gasteiger partial charge >= 0.3 is 11.7 Å². The Hall–Kier alpha value is -2.52. The van der Waals surface area contributed by atoms with Crippen molar-refractivity contribution in [2.45, 2.75) is 58.6 Å². The minimum Gasteiger partial charge on any atom is -0.462 e. The fourth-order valence-corrected chi connectivity index (χ4v) is 3.57. The lowest BCUT2D eigenvalue weighted by Gasteiger charge is -2.17. The van der Waals surface area contributed by atoms with Crippen molar-refractivity contribution in [1.82, 2.24) is 9.55 Å². The number of aromatic amines is 1. The van der Waals surface area contributed by atoms with Crippen molar-refractivity contribution in [3.63, 3.8) is 0 Å². The second-order valence-corrected chi connectivity index (χ2v) is 8.62. The van der Waals surface area contributed by atoms with Crippen molar-refractivity contribution in [1.29, 1.82) is 0 Å². The highest BCUT2D eigenvalue weighted by atomic mass is 31.1. The number of carbonyl (C=O) groups excluding carboxylic acids is 1. The Balaban J connectivity index is 0.000000365. The number of nitrogens with two attached hydrogens (primary N) is 1. The predicted molar refractivity (Wildman–Crippen MR) is 125 cm³/mol. The molecule has 0 spiro atoms. The molecular formula is C22H32N3O7P. The lowest BCUT2D eigenvalue weighted by Crippen LogP contribution is -2.33. The van der Waals surface area contributed by atoms with Crippen LogP contribution in [0.15, 0.2) is 52.2 Å². The van der Waals surface area contributed by atoms with Crippen molar-refractivity contribution in [2.75, 3.05) is 6.61 Å². The van der Waals surface area contributed by atoms with Gasteiger partial charge in [0, 0.05) is 18.2 Å². The molecule has 0 radical (unpaired) electrons. The summed E-state index contributed by atoms with van der Waals surface area (Å²) in [5.41, 5.74) is 4.33. The number of hydrogen-bond donors (Lipinski definition) is 2. The number of hydrogen-bond acceptors (Lipinski definition) is 8. The molecule has 1 saturated heterocycles. The minimum atomic E-state index is -0.507. The Morgan fingerprint density at radius 1 is 1.24 bits per heavy atom. The molecule has 0 bridgehead atoms. The first-order chi connectivity index (χ1) is 15.7. The number of aromatic nitrogens is 2. The predicted octanol–water partition coefficient (Wildman–Crippen LogP) is 2.35. The smallest absolute Gasteiger partial charge is 0.330 e. The van der Waals surface area contributed by atoms with Crippen molar-refractivity contribution >= 4 is 15.0 Å². The van der Waals surface area contributed by atoms with E-state index in [1.54, 1.807) is 20.8 Å². The largest absolute Gasteiger partial charge is 0.462 e. The average molecular weight is 481 g/mol. The molecule has 1 aliphatic rings. The van der Waals surface area contributed by atoms with Gasteiger partial charge in [0.25, 0.3) is 5.56 Å². The molecular weight excluding hydrogens is 449 g/mol. The zero-order chi connectivity index (χ0) is 24.4. The molecule has 3 rings (SSSR count). The summed E-state index contributed by atoms with van der Waals surface area (Å²) in [6.07, 6.45) is 1.65. The quantitative estimate of drug-likeness (QED) is 0.333. The summed E-state index contributed by atoms with van der Waals surface area (Å²) >= 11 is 0. The van der Waals surface area contributed by atoms with Gasteiger partial charge in [-0.2, -0.15) is 0 Å². The van der Waals surface area contributed by atoms with Gasteiger partial charge in [0.2, 0.25) is 9.03 Å². The summed E-state index contributed by atoms with van der Waals surface area (Å²) in [4.78, 5) is 35.9. The van der Waals surface area contributed by atoms with Gasteiger partial charge in [-0.3, -0.25) is 19.1 Å². The van der Waals surface area contributed by atoms with E-state index in [0.717, 1.165) is 12.2 Å². The zero-order valence-corrected chi connectivity index (χ0v) is 20.2. The molecule has 2 aromatic rings. The van der Waals surface area contributed by atoms with Crippen LogP contribution in [-0.4, -0.2) is 40.4 Å². The van der Waals surface area contributed by atoms with Crippen LogP contribution >= 0.6 is 9.03 Å². The van der Waals surface area contributed by atoms with Crippen LogP contribution in [0, 0.1) is 5.92 Å². The van der Waals surface area contributed by atoms with E-state index in [1.165, 1.54) is 16.8 Å². The van der Waals surface area contributed by atoms with E-state index in [-0.39, 0.29) is 33.1 Å².